The molecule has 0 unspecified atom stereocenters. The van der Waals surface area contributed by atoms with Crippen molar-refractivity contribution < 1.29 is 43.2 Å². The Kier molecular flexibility index (Phi) is 81.4. The van der Waals surface area contributed by atoms with Crippen molar-refractivity contribution in [1.82, 2.24) is 0 Å². The van der Waals surface area contributed by atoms with Gasteiger partial charge in [-0.2, -0.15) is 0 Å². The van der Waals surface area contributed by atoms with E-state index in [4.69, 9.17) is 23.2 Å². The van der Waals surface area contributed by atoms with E-state index in [0.717, 1.165) is 0 Å². The summed E-state index contributed by atoms with van der Waals surface area (Å²) in [7, 11) is 0. The molecule has 0 fully saturated rings. The Bertz CT molecular complexity index is 507. The van der Waals surface area contributed by atoms with Gasteiger partial charge in [0.1, 0.15) is 56.9 Å². The summed E-state index contributed by atoms with van der Waals surface area (Å²) in [6.45, 7) is 25.9. The Hall–Kier alpha value is -2.39. The predicted molar refractivity (Wildman–Crippen MR) is 162 cm³/mol. The molecule has 0 aliphatic rings. The lowest BCUT2D eigenvalue weighted by atomic mass is 10.4. The Morgan fingerprint density at radius 2 is 0.410 bits per heavy atom. The number of hydrogen-bond acceptors (Lipinski definition) is 9. The number of halogens is 2. The fourth-order valence-corrected chi connectivity index (χ4v) is 0.652. The third-order valence-corrected chi connectivity index (χ3v) is 0.750. The summed E-state index contributed by atoms with van der Waals surface area (Å²) in [5, 5.41) is 0. The molecule has 0 amide bonds. The second kappa shape index (κ2) is 52.1. The second-order valence-electron chi connectivity index (χ2n) is 8.56. The molecule has 0 N–H and O–H groups in total. The summed E-state index contributed by atoms with van der Waals surface area (Å²) in [6.07, 6.45) is 0.253. The first-order valence-corrected chi connectivity index (χ1v) is 12.4. The Balaban J connectivity index is -0.0000000374. The van der Waals surface area contributed by atoms with Crippen LogP contribution in [-0.2, 0) is 43.2 Å². The van der Waals surface area contributed by atoms with Crippen molar-refractivity contribution in [2.45, 2.75) is 129 Å². The number of rotatable bonds is 2. The molecule has 0 aromatic heterocycles. The van der Waals surface area contributed by atoms with Crippen LogP contribution in [-0.4, -0.2) is 56.9 Å². The van der Waals surface area contributed by atoms with E-state index in [1.807, 2.05) is 0 Å². The van der Waals surface area contributed by atoms with Crippen molar-refractivity contribution in [2.24, 2.45) is 0 Å². The Labute approximate surface area is 247 Å². The van der Waals surface area contributed by atoms with Crippen molar-refractivity contribution in [2.75, 3.05) is 0 Å². The molecule has 0 spiro atoms. The van der Waals surface area contributed by atoms with Gasteiger partial charge in [-0.15, -0.1) is 23.2 Å². The smallest absolute Gasteiger partial charge is 0.132 e. The maximum absolute atomic E-state index is 10.1. The van der Waals surface area contributed by atoms with Gasteiger partial charge in [0.15, 0.2) is 0 Å². The largest absolute Gasteiger partial charge is 0.300 e. The quantitative estimate of drug-likeness (QED) is 0.320. The number of hydrogen-bond donors (Lipinski definition) is 0. The minimum absolute atomic E-state index is 0.0231. The zero-order valence-electron chi connectivity index (χ0n) is 27.2. The highest BCUT2D eigenvalue weighted by Gasteiger charge is 2.00. The average Bonchev–Trinajstić information content (AvgIpc) is 2.48. The van der Waals surface area contributed by atoms with Gasteiger partial charge in [0.05, 0.1) is 0 Å². The molecule has 0 saturated heterocycles. The summed E-state index contributed by atoms with van der Waals surface area (Å²) in [5.74, 6) is 1.36. The van der Waals surface area contributed by atoms with E-state index in [0.29, 0.717) is 0 Å². The molecule has 0 atom stereocenters. The van der Waals surface area contributed by atoms with E-state index >= 15 is 0 Å². The van der Waals surface area contributed by atoms with E-state index in [-0.39, 0.29) is 58.5 Å². The summed E-state index contributed by atoms with van der Waals surface area (Å²) < 4.78 is 0. The van der Waals surface area contributed by atoms with Gasteiger partial charge in [-0.3, -0.25) is 4.79 Å². The topological polar surface area (TPSA) is 154 Å². The number of ketones is 9. The van der Waals surface area contributed by atoms with Crippen LogP contribution in [0, 0.1) is 0 Å². The maximum atomic E-state index is 10.1. The number of alkyl halides is 2. The lowest BCUT2D eigenvalue weighted by Crippen LogP contribution is -1.95. The summed E-state index contributed by atoms with van der Waals surface area (Å²) in [5.41, 5.74) is 0. The molecule has 39 heavy (non-hydrogen) atoms. The van der Waals surface area contributed by atoms with Crippen molar-refractivity contribution >= 4 is 75.3 Å². The first-order chi connectivity index (χ1) is 17.0. The molecular formula is C28H54Cl2O9. The second-order valence-corrected chi connectivity index (χ2v) is 9.84. The highest BCUT2D eigenvalue weighted by molar-refractivity contribution is 6.45. The first-order valence-electron chi connectivity index (χ1n) is 11.5. The zero-order valence-corrected chi connectivity index (χ0v) is 28.7. The molecule has 234 valence electrons. The van der Waals surface area contributed by atoms with Crippen molar-refractivity contribution in [3.63, 3.8) is 0 Å². The molecular weight excluding hydrogens is 551 g/mol. The van der Waals surface area contributed by atoms with Crippen LogP contribution in [0.3, 0.4) is 0 Å². The molecule has 0 aliphatic heterocycles. The lowest BCUT2D eigenvalue weighted by molar-refractivity contribution is -0.117. The van der Waals surface area contributed by atoms with E-state index in [1.54, 1.807) is 0 Å². The molecule has 0 aromatic carbocycles. The SMILES string of the molecule is CC(=O)CC(Cl)Cl.CC(C)=O.CC(C)=O.CC(C)=O.CC(C)=O.CC(C)=O.CC(C)=O.CC(C)=O.CC(C)=O. The fourth-order valence-electron chi connectivity index (χ4n) is 0.217. The van der Waals surface area contributed by atoms with Gasteiger partial charge in [0, 0.05) is 6.42 Å². The fraction of sp³-hybridized carbons (Fsp3) is 0.679. The van der Waals surface area contributed by atoms with E-state index < -0.39 is 4.84 Å². The monoisotopic (exact) mass is 604 g/mol. The minimum Gasteiger partial charge on any atom is -0.300 e. The van der Waals surface area contributed by atoms with Crippen LogP contribution in [0.1, 0.15) is 124 Å². The molecule has 0 saturated carbocycles. The molecule has 11 heteroatoms. The Morgan fingerprint density at radius 1 is 0.333 bits per heavy atom. The summed E-state index contributed by atoms with van der Waals surface area (Å²) >= 11 is 10.4. The molecule has 0 aliphatic carbocycles. The minimum atomic E-state index is -0.530. The van der Waals surface area contributed by atoms with Crippen LogP contribution in [0.15, 0.2) is 0 Å². The number of carbonyl (C=O) groups is 9. The van der Waals surface area contributed by atoms with Gasteiger partial charge in [0.25, 0.3) is 0 Å². The van der Waals surface area contributed by atoms with Gasteiger partial charge in [-0.05, 0) is 118 Å². The van der Waals surface area contributed by atoms with Crippen LogP contribution in [0.5, 0.6) is 0 Å². The van der Waals surface area contributed by atoms with Crippen LogP contribution in [0.2, 0.25) is 0 Å². The van der Waals surface area contributed by atoms with Gasteiger partial charge < -0.3 is 38.4 Å². The van der Waals surface area contributed by atoms with Crippen LogP contribution < -0.4 is 0 Å². The average molecular weight is 606 g/mol. The van der Waals surface area contributed by atoms with Crippen molar-refractivity contribution in [3.8, 4) is 0 Å². The van der Waals surface area contributed by atoms with Crippen LogP contribution in [0.4, 0.5) is 0 Å². The third-order valence-electron chi connectivity index (χ3n) is 0.442. The van der Waals surface area contributed by atoms with E-state index in [2.05, 4.69) is 0 Å². The molecule has 0 bridgehead atoms. The molecule has 0 radical (unpaired) electrons. The highest BCUT2D eigenvalue weighted by Crippen LogP contribution is 2.05. The maximum Gasteiger partial charge on any atom is 0.132 e. The van der Waals surface area contributed by atoms with Gasteiger partial charge in [-0.1, -0.05) is 0 Å². The van der Waals surface area contributed by atoms with Crippen LogP contribution >= 0.6 is 23.2 Å². The normalized spacial score (nSPS) is 7.08. The highest BCUT2D eigenvalue weighted by atomic mass is 35.5. The summed E-state index contributed by atoms with van der Waals surface area (Å²) in [6, 6.07) is 0. The van der Waals surface area contributed by atoms with Crippen molar-refractivity contribution in [3.05, 3.63) is 0 Å². The molecule has 0 heterocycles. The molecule has 0 rings (SSSR count). The first kappa shape index (κ1) is 60.9. The van der Waals surface area contributed by atoms with Crippen LogP contribution in [0.25, 0.3) is 0 Å². The summed E-state index contributed by atoms with van der Waals surface area (Å²) in [4.78, 5) is 85.1. The predicted octanol–water partition coefficient (Wildman–Crippen LogP) is 6.53. The van der Waals surface area contributed by atoms with Gasteiger partial charge in [-0.25, -0.2) is 0 Å². The van der Waals surface area contributed by atoms with Gasteiger partial charge >= 0.3 is 0 Å². The molecule has 0 aromatic rings. The van der Waals surface area contributed by atoms with Crippen molar-refractivity contribution in [1.29, 1.82) is 0 Å². The third kappa shape index (κ3) is 15500. The number of carbonyl (C=O) groups excluding carboxylic acids is 9. The standard InChI is InChI=1S/C4H6Cl2O.8C3H6O/c1-3(7)2-4(5)6;8*1-3(2)4/h4H,2H2,1H3;8*1-2H3. The number of Topliss-reactive ketones (excluding diaryl/α,β-unsaturated/α-hetero) is 9. The van der Waals surface area contributed by atoms with E-state index in [9.17, 15) is 43.2 Å². The molecule has 9 nitrogen and oxygen atoms in total. The zero-order chi connectivity index (χ0) is 34.5. The Morgan fingerprint density at radius 3 is 0.410 bits per heavy atom. The van der Waals surface area contributed by atoms with Gasteiger partial charge in [0.2, 0.25) is 0 Å². The van der Waals surface area contributed by atoms with E-state index in [1.165, 1.54) is 118 Å². The lowest BCUT2D eigenvalue weighted by Gasteiger charge is -1.90.